The molecule has 1 aliphatic heterocycles. The van der Waals surface area contributed by atoms with Gasteiger partial charge in [-0.2, -0.15) is 0 Å². The summed E-state index contributed by atoms with van der Waals surface area (Å²) in [6.45, 7) is 4.10. The van der Waals surface area contributed by atoms with Crippen molar-refractivity contribution in [3.05, 3.63) is 120 Å². The van der Waals surface area contributed by atoms with Gasteiger partial charge in [0.2, 0.25) is 0 Å². The van der Waals surface area contributed by atoms with Crippen LogP contribution in [0.3, 0.4) is 0 Å². The fourth-order valence-corrected chi connectivity index (χ4v) is 4.09. The maximum absolute atomic E-state index is 10.6. The summed E-state index contributed by atoms with van der Waals surface area (Å²) in [6, 6.07) is 30.5. The van der Waals surface area contributed by atoms with Crippen LogP contribution < -0.4 is 0 Å². The van der Waals surface area contributed by atoms with Crippen LogP contribution in [-0.2, 0) is 19.8 Å². The molecule has 1 heterocycles. The Morgan fingerprint density at radius 2 is 1.25 bits per heavy atom. The molecule has 3 aromatic rings. The van der Waals surface area contributed by atoms with Crippen LogP contribution in [0, 0.1) is 0 Å². The van der Waals surface area contributed by atoms with Gasteiger partial charge in [-0.1, -0.05) is 97.1 Å². The van der Waals surface area contributed by atoms with Crippen molar-refractivity contribution in [1.29, 1.82) is 0 Å². The van der Waals surface area contributed by atoms with Crippen molar-refractivity contribution in [2.45, 2.75) is 44.1 Å². The number of benzene rings is 3. The Kier molecular flexibility index (Phi) is 7.18. The molecule has 0 unspecified atom stereocenters. The second-order valence-corrected chi connectivity index (χ2v) is 8.19. The van der Waals surface area contributed by atoms with Gasteiger partial charge in [-0.3, -0.25) is 0 Å². The molecule has 3 aromatic carbocycles. The maximum Gasteiger partial charge on any atom is 0.177 e. The Labute approximate surface area is 190 Å². The number of hydrogen-bond donors (Lipinski definition) is 1. The van der Waals surface area contributed by atoms with Gasteiger partial charge >= 0.3 is 0 Å². The van der Waals surface area contributed by atoms with Gasteiger partial charge < -0.3 is 19.3 Å². The third-order valence-electron chi connectivity index (χ3n) is 5.57. The Bertz CT molecular complexity index is 889. The van der Waals surface area contributed by atoms with Crippen molar-refractivity contribution in [1.82, 2.24) is 0 Å². The first-order valence-corrected chi connectivity index (χ1v) is 11.1. The topological polar surface area (TPSA) is 47.9 Å². The van der Waals surface area contributed by atoms with Gasteiger partial charge in [-0.25, -0.2) is 0 Å². The van der Waals surface area contributed by atoms with Gasteiger partial charge in [0.25, 0.3) is 0 Å². The summed E-state index contributed by atoms with van der Waals surface area (Å²) in [4.78, 5) is 0. The van der Waals surface area contributed by atoms with E-state index in [2.05, 4.69) is 36.4 Å². The Balaban J connectivity index is 1.73. The molecule has 3 atom stereocenters. The van der Waals surface area contributed by atoms with Crippen molar-refractivity contribution in [2.75, 3.05) is 6.61 Å². The largest absolute Gasteiger partial charge is 0.386 e. The van der Waals surface area contributed by atoms with Crippen LogP contribution in [0.5, 0.6) is 0 Å². The van der Waals surface area contributed by atoms with E-state index in [4.69, 9.17) is 14.2 Å². The minimum atomic E-state index is -0.859. The van der Waals surface area contributed by atoms with E-state index in [1.165, 1.54) is 0 Å². The standard InChI is InChI=1S/C28H30O4/c1-21(2)31-27-19-18-25(29)26(32-27)20-30-28(22-12-6-3-7-13-22,23-14-8-4-9-15-23)24-16-10-5-11-17-24/h3-19,21,25-27,29H,20H2,1-2H3/t25-,26-,27-/m1/s1. The van der Waals surface area contributed by atoms with E-state index in [0.717, 1.165) is 16.7 Å². The van der Waals surface area contributed by atoms with Crippen molar-refractivity contribution in [2.24, 2.45) is 0 Å². The van der Waals surface area contributed by atoms with Gasteiger partial charge in [-0.15, -0.1) is 0 Å². The Morgan fingerprint density at radius 1 is 0.781 bits per heavy atom. The van der Waals surface area contributed by atoms with Crippen molar-refractivity contribution >= 4 is 0 Å². The molecule has 4 heteroatoms. The number of rotatable bonds is 8. The highest BCUT2D eigenvalue weighted by Gasteiger charge is 2.39. The second kappa shape index (κ2) is 10.2. The lowest BCUT2D eigenvalue weighted by molar-refractivity contribution is -0.204. The minimum absolute atomic E-state index is 0.0125. The predicted octanol–water partition coefficient (Wildman–Crippen LogP) is 5.06. The molecule has 0 amide bonds. The quantitative estimate of drug-likeness (QED) is 0.401. The van der Waals surface area contributed by atoms with E-state index >= 15 is 0 Å². The Hall–Kier alpha value is -2.76. The molecule has 0 aliphatic carbocycles. The molecule has 1 aliphatic rings. The van der Waals surface area contributed by atoms with E-state index < -0.39 is 24.1 Å². The van der Waals surface area contributed by atoms with Gasteiger partial charge in [0, 0.05) is 0 Å². The summed E-state index contributed by atoms with van der Waals surface area (Å²) in [6.07, 6.45) is 1.64. The van der Waals surface area contributed by atoms with E-state index in [1.807, 2.05) is 68.4 Å². The predicted molar refractivity (Wildman–Crippen MR) is 125 cm³/mol. The van der Waals surface area contributed by atoms with Gasteiger partial charge in [0.05, 0.1) is 12.7 Å². The third-order valence-corrected chi connectivity index (χ3v) is 5.57. The average Bonchev–Trinajstić information content (AvgIpc) is 2.83. The summed E-state index contributed by atoms with van der Waals surface area (Å²) in [5, 5.41) is 10.6. The lowest BCUT2D eigenvalue weighted by Crippen LogP contribution is -2.43. The highest BCUT2D eigenvalue weighted by atomic mass is 16.7. The first-order chi connectivity index (χ1) is 15.6. The zero-order valence-electron chi connectivity index (χ0n) is 18.5. The molecule has 0 radical (unpaired) electrons. The molecule has 1 N–H and O–H groups in total. The zero-order valence-corrected chi connectivity index (χ0v) is 18.5. The molecule has 0 spiro atoms. The number of aliphatic hydroxyl groups excluding tert-OH is 1. The number of hydrogen-bond acceptors (Lipinski definition) is 4. The Morgan fingerprint density at radius 3 is 1.69 bits per heavy atom. The second-order valence-electron chi connectivity index (χ2n) is 8.19. The zero-order chi connectivity index (χ0) is 22.4. The molecule has 32 heavy (non-hydrogen) atoms. The van der Waals surface area contributed by atoms with Crippen molar-refractivity contribution < 1.29 is 19.3 Å². The van der Waals surface area contributed by atoms with Crippen molar-refractivity contribution in [3.8, 4) is 0 Å². The molecule has 0 aromatic heterocycles. The van der Waals surface area contributed by atoms with E-state index in [9.17, 15) is 5.11 Å². The van der Waals surface area contributed by atoms with E-state index in [0.29, 0.717) is 0 Å². The smallest absolute Gasteiger partial charge is 0.177 e. The summed E-state index contributed by atoms with van der Waals surface area (Å²) in [5.74, 6) is 0. The van der Waals surface area contributed by atoms with Crippen LogP contribution in [0.2, 0.25) is 0 Å². The van der Waals surface area contributed by atoms with Crippen LogP contribution in [0.25, 0.3) is 0 Å². The fourth-order valence-electron chi connectivity index (χ4n) is 4.09. The molecule has 0 fully saturated rings. The van der Waals surface area contributed by atoms with Crippen LogP contribution in [0.4, 0.5) is 0 Å². The van der Waals surface area contributed by atoms with E-state index in [1.54, 1.807) is 12.2 Å². The molecule has 166 valence electrons. The number of ether oxygens (including phenoxy) is 3. The van der Waals surface area contributed by atoms with Crippen molar-refractivity contribution in [3.63, 3.8) is 0 Å². The molecule has 4 rings (SSSR count). The molecule has 0 saturated heterocycles. The van der Waals surface area contributed by atoms with Crippen LogP contribution in [0.15, 0.2) is 103 Å². The minimum Gasteiger partial charge on any atom is -0.386 e. The van der Waals surface area contributed by atoms with Gasteiger partial charge in [-0.05, 0) is 36.6 Å². The summed E-state index contributed by atoms with van der Waals surface area (Å²) in [5.41, 5.74) is 2.16. The normalized spacial score (nSPS) is 21.1. The van der Waals surface area contributed by atoms with Gasteiger partial charge in [0.15, 0.2) is 6.29 Å². The summed E-state index contributed by atoms with van der Waals surface area (Å²) < 4.78 is 18.6. The first-order valence-electron chi connectivity index (χ1n) is 11.1. The molecular weight excluding hydrogens is 400 g/mol. The summed E-state index contributed by atoms with van der Waals surface area (Å²) in [7, 11) is 0. The molecule has 0 bridgehead atoms. The van der Waals surface area contributed by atoms with Crippen LogP contribution >= 0.6 is 0 Å². The summed E-state index contributed by atoms with van der Waals surface area (Å²) >= 11 is 0. The lowest BCUT2D eigenvalue weighted by Gasteiger charge is -2.38. The molecule has 0 saturated carbocycles. The first kappa shape index (κ1) is 22.4. The number of aliphatic hydroxyl groups is 1. The monoisotopic (exact) mass is 430 g/mol. The SMILES string of the molecule is CC(C)O[C@H]1C=C[C@@H](O)[C@@H](COC(c2ccccc2)(c2ccccc2)c2ccccc2)O1. The van der Waals surface area contributed by atoms with Gasteiger partial charge in [0.1, 0.15) is 17.8 Å². The fraction of sp³-hybridized carbons (Fsp3) is 0.286. The molecular formula is C28H30O4. The highest BCUT2D eigenvalue weighted by molar-refractivity contribution is 5.47. The third kappa shape index (κ3) is 4.84. The lowest BCUT2D eigenvalue weighted by atomic mass is 9.80. The highest BCUT2D eigenvalue weighted by Crippen LogP contribution is 2.40. The van der Waals surface area contributed by atoms with Crippen LogP contribution in [0.1, 0.15) is 30.5 Å². The molecule has 4 nitrogen and oxygen atoms in total. The van der Waals surface area contributed by atoms with Crippen LogP contribution in [-0.4, -0.2) is 36.3 Å². The van der Waals surface area contributed by atoms with E-state index in [-0.39, 0.29) is 12.7 Å². The maximum atomic E-state index is 10.6. The average molecular weight is 431 g/mol.